The topological polar surface area (TPSA) is 120 Å². The lowest BCUT2D eigenvalue weighted by molar-refractivity contribution is -0.123. The van der Waals surface area contributed by atoms with E-state index in [1.807, 2.05) is 43.3 Å². The van der Waals surface area contributed by atoms with E-state index in [0.29, 0.717) is 35.7 Å². The Labute approximate surface area is 240 Å². The first-order valence-electron chi connectivity index (χ1n) is 13.7. The molecule has 0 radical (unpaired) electrons. The van der Waals surface area contributed by atoms with Gasteiger partial charge in [-0.1, -0.05) is 24.3 Å². The van der Waals surface area contributed by atoms with Gasteiger partial charge in [-0.05, 0) is 68.4 Å². The van der Waals surface area contributed by atoms with E-state index in [9.17, 15) is 19.2 Å². The summed E-state index contributed by atoms with van der Waals surface area (Å²) in [4.78, 5) is 54.8. The number of hydrogen-bond acceptors (Lipinski definition) is 6. The van der Waals surface area contributed by atoms with Crippen molar-refractivity contribution >= 4 is 46.3 Å². The number of nitrogens with zero attached hydrogens (tertiary/aromatic N) is 2. The van der Waals surface area contributed by atoms with Crippen molar-refractivity contribution in [2.24, 2.45) is 0 Å². The smallest absolute Gasteiger partial charge is 0.251 e. The van der Waals surface area contributed by atoms with Gasteiger partial charge in [0, 0.05) is 36.7 Å². The maximum absolute atomic E-state index is 13.7. The molecule has 3 aromatic carbocycles. The van der Waals surface area contributed by atoms with Gasteiger partial charge in [-0.3, -0.25) is 19.2 Å². The molecule has 4 amide bonds. The zero-order valence-corrected chi connectivity index (χ0v) is 23.9. The van der Waals surface area contributed by atoms with E-state index in [0.717, 1.165) is 22.7 Å². The average Bonchev–Trinajstić information content (AvgIpc) is 2.99. The molecule has 10 nitrogen and oxygen atoms in total. The van der Waals surface area contributed by atoms with Crippen LogP contribution in [-0.2, 0) is 20.9 Å². The third-order valence-electron chi connectivity index (χ3n) is 7.33. The van der Waals surface area contributed by atoms with Gasteiger partial charge in [0.25, 0.3) is 5.91 Å². The Hall–Kier alpha value is -4.44. The molecule has 3 aromatic rings. The van der Waals surface area contributed by atoms with Crippen molar-refractivity contribution < 1.29 is 23.9 Å². The van der Waals surface area contributed by atoms with Gasteiger partial charge in [0.1, 0.15) is 5.75 Å². The minimum atomic E-state index is -0.395. The van der Waals surface area contributed by atoms with Crippen LogP contribution in [0.25, 0.3) is 10.8 Å². The number of methoxy groups -OCH3 is 1. The number of rotatable bonds is 7. The summed E-state index contributed by atoms with van der Waals surface area (Å²) < 4.78 is 5.66. The molecule has 0 aliphatic carbocycles. The highest BCUT2D eigenvalue weighted by molar-refractivity contribution is 6.01. The van der Waals surface area contributed by atoms with E-state index in [1.54, 1.807) is 49.1 Å². The van der Waals surface area contributed by atoms with Crippen LogP contribution in [0, 0.1) is 0 Å². The predicted octanol–water partition coefficient (Wildman–Crippen LogP) is 2.98. The molecular formula is C31H37N5O5. The van der Waals surface area contributed by atoms with E-state index in [2.05, 4.69) is 16.0 Å². The summed E-state index contributed by atoms with van der Waals surface area (Å²) in [6.07, 6.45) is 1.33. The van der Waals surface area contributed by atoms with Crippen LogP contribution in [0.3, 0.4) is 0 Å². The molecule has 1 unspecified atom stereocenters. The molecule has 216 valence electrons. The largest absolute Gasteiger partial charge is 0.496 e. The third kappa shape index (κ3) is 6.66. The molecule has 2 aliphatic rings. The number of amides is 4. The van der Waals surface area contributed by atoms with Gasteiger partial charge in [-0.2, -0.15) is 0 Å². The first-order valence-corrected chi connectivity index (χ1v) is 13.7. The fourth-order valence-corrected chi connectivity index (χ4v) is 4.99. The van der Waals surface area contributed by atoms with Crippen LogP contribution in [0.2, 0.25) is 0 Å². The molecule has 4 bridgehead atoms. The highest BCUT2D eigenvalue weighted by Gasteiger charge is 2.25. The van der Waals surface area contributed by atoms with Crippen molar-refractivity contribution in [3.63, 3.8) is 0 Å². The normalized spacial score (nSPS) is 15.8. The standard InChI is InChI=1S/C31H37N5O5/c1-20(34-30(39)21(2)32-3)17-36-27-9-6-5-8-26(27)35(19-37)18-25-24-13-11-23(16-22(24)12-14-28(25)41-4)31(40)33-15-7-10-29(36)38/h5-6,8-9,11-14,16,19-21,32H,7,10,15,17-18H2,1-4H3,(H,33,40)(H,34,39)/t20?,21-/m0/s1. The highest BCUT2D eigenvalue weighted by atomic mass is 16.5. The summed E-state index contributed by atoms with van der Waals surface area (Å²) >= 11 is 0. The lowest BCUT2D eigenvalue weighted by Gasteiger charge is -2.31. The van der Waals surface area contributed by atoms with Crippen LogP contribution in [0.1, 0.15) is 42.6 Å². The predicted molar refractivity (Wildman–Crippen MR) is 159 cm³/mol. The first kappa shape index (κ1) is 29.5. The average molecular weight is 560 g/mol. The molecule has 0 saturated carbocycles. The van der Waals surface area contributed by atoms with Crippen molar-refractivity contribution in [1.82, 2.24) is 16.0 Å². The fraction of sp³-hybridized carbons (Fsp3) is 0.355. The summed E-state index contributed by atoms with van der Waals surface area (Å²) in [6, 6.07) is 15.6. The molecule has 10 heteroatoms. The minimum absolute atomic E-state index is 0.162. The van der Waals surface area contributed by atoms with Gasteiger partial charge >= 0.3 is 0 Å². The number of anilines is 2. The molecule has 3 N–H and O–H groups in total. The molecular weight excluding hydrogens is 522 g/mol. The summed E-state index contributed by atoms with van der Waals surface area (Å²) in [5.41, 5.74) is 2.37. The lowest BCUT2D eigenvalue weighted by Crippen LogP contribution is -2.49. The van der Waals surface area contributed by atoms with Gasteiger partial charge in [0.15, 0.2) is 0 Å². The second-order valence-corrected chi connectivity index (χ2v) is 10.2. The summed E-state index contributed by atoms with van der Waals surface area (Å²) in [7, 11) is 3.28. The van der Waals surface area contributed by atoms with E-state index in [4.69, 9.17) is 4.74 Å². The number of carbonyl (C=O) groups is 4. The number of ether oxygens (including phenoxy) is 1. The molecule has 5 rings (SSSR count). The second kappa shape index (κ2) is 13.3. The minimum Gasteiger partial charge on any atom is -0.496 e. The fourth-order valence-electron chi connectivity index (χ4n) is 4.99. The van der Waals surface area contributed by atoms with Crippen molar-refractivity contribution in [2.75, 3.05) is 37.0 Å². The lowest BCUT2D eigenvalue weighted by atomic mass is 10.00. The molecule has 41 heavy (non-hydrogen) atoms. The number of para-hydroxylation sites is 2. The van der Waals surface area contributed by atoms with E-state index >= 15 is 0 Å². The first-order chi connectivity index (χ1) is 19.8. The number of carbonyl (C=O) groups excluding carboxylic acids is 4. The Morgan fingerprint density at radius 2 is 1.85 bits per heavy atom. The molecule has 0 spiro atoms. The summed E-state index contributed by atoms with van der Waals surface area (Å²) in [6.45, 7) is 4.27. The molecule has 0 saturated heterocycles. The second-order valence-electron chi connectivity index (χ2n) is 10.2. The number of fused-ring (bicyclic) bond motifs is 8. The van der Waals surface area contributed by atoms with Crippen LogP contribution in [0.15, 0.2) is 54.6 Å². The Morgan fingerprint density at radius 3 is 2.56 bits per heavy atom. The van der Waals surface area contributed by atoms with Gasteiger partial charge in [0.2, 0.25) is 18.2 Å². The van der Waals surface area contributed by atoms with Crippen molar-refractivity contribution in [3.8, 4) is 5.75 Å². The van der Waals surface area contributed by atoms with Gasteiger partial charge in [0.05, 0.1) is 31.1 Å². The maximum Gasteiger partial charge on any atom is 0.251 e. The monoisotopic (exact) mass is 559 g/mol. The van der Waals surface area contributed by atoms with Crippen LogP contribution >= 0.6 is 0 Å². The highest BCUT2D eigenvalue weighted by Crippen LogP contribution is 2.35. The number of likely N-dealkylation sites (N-methyl/N-ethyl adjacent to an activating group) is 1. The van der Waals surface area contributed by atoms with Crippen LogP contribution < -0.4 is 30.5 Å². The maximum atomic E-state index is 13.7. The van der Waals surface area contributed by atoms with Crippen molar-refractivity contribution in [3.05, 3.63) is 65.7 Å². The zero-order chi connectivity index (χ0) is 29.5. The van der Waals surface area contributed by atoms with Gasteiger partial charge < -0.3 is 30.5 Å². The van der Waals surface area contributed by atoms with Crippen molar-refractivity contribution in [2.45, 2.75) is 45.3 Å². The quantitative estimate of drug-likeness (QED) is 0.383. The zero-order valence-electron chi connectivity index (χ0n) is 23.9. The van der Waals surface area contributed by atoms with Crippen molar-refractivity contribution in [1.29, 1.82) is 0 Å². The van der Waals surface area contributed by atoms with E-state index in [-0.39, 0.29) is 43.3 Å². The SMILES string of the molecule is CN[C@@H](C)C(=O)NC(C)CN1C(=O)CCCNC(=O)c2ccc3c(c(OC)ccc3c2)CN(C=O)c2ccccc21. The third-order valence-corrected chi connectivity index (χ3v) is 7.33. The number of benzene rings is 3. The van der Waals surface area contributed by atoms with Crippen LogP contribution in [0.5, 0.6) is 5.75 Å². The molecule has 0 fully saturated rings. The number of nitrogens with one attached hydrogen (secondary N) is 3. The Bertz CT molecular complexity index is 1440. The number of hydrogen-bond donors (Lipinski definition) is 3. The molecule has 2 aliphatic heterocycles. The van der Waals surface area contributed by atoms with Gasteiger partial charge in [-0.25, -0.2) is 0 Å². The molecule has 2 atom stereocenters. The van der Waals surface area contributed by atoms with Crippen LogP contribution in [-0.4, -0.2) is 63.5 Å². The van der Waals surface area contributed by atoms with E-state index in [1.165, 1.54) is 0 Å². The molecule has 2 heterocycles. The Morgan fingerprint density at radius 1 is 1.10 bits per heavy atom. The summed E-state index contributed by atoms with van der Waals surface area (Å²) in [5, 5.41) is 10.5. The van der Waals surface area contributed by atoms with E-state index < -0.39 is 6.04 Å². The van der Waals surface area contributed by atoms with Gasteiger partial charge in [-0.15, -0.1) is 0 Å². The van der Waals surface area contributed by atoms with Crippen LogP contribution in [0.4, 0.5) is 11.4 Å². The Balaban J connectivity index is 1.80. The Kier molecular flexibility index (Phi) is 9.57. The molecule has 0 aromatic heterocycles. The summed E-state index contributed by atoms with van der Waals surface area (Å²) in [5.74, 6) is 0.00673.